The molecule has 3 nitrogen and oxygen atoms in total. The van der Waals surface area contributed by atoms with E-state index >= 15 is 0 Å². The summed E-state index contributed by atoms with van der Waals surface area (Å²) >= 11 is 0. The van der Waals surface area contributed by atoms with Crippen LogP contribution in [-0.4, -0.2) is 23.5 Å². The summed E-state index contributed by atoms with van der Waals surface area (Å²) in [6.07, 6.45) is 0.657. The third-order valence-electron chi connectivity index (χ3n) is 1.80. The summed E-state index contributed by atoms with van der Waals surface area (Å²) < 4.78 is 0. The fourth-order valence-corrected chi connectivity index (χ4v) is 0.969. The summed E-state index contributed by atoms with van der Waals surface area (Å²) in [6.45, 7) is 6.34. The Kier molecular flexibility index (Phi) is 2.18. The molecule has 0 aromatic rings. The first-order valence-electron chi connectivity index (χ1n) is 3.88. The van der Waals surface area contributed by atoms with Crippen LogP contribution in [0.5, 0.6) is 0 Å². The second kappa shape index (κ2) is 2.81. The van der Waals surface area contributed by atoms with Gasteiger partial charge in [0.05, 0.1) is 12.3 Å². The molecule has 0 bridgehead atoms. The van der Waals surface area contributed by atoms with Crippen LogP contribution in [0, 0.1) is 5.41 Å². The molecule has 0 amide bonds. The molecule has 0 spiro atoms. The standard InChI is InChI=1S/C8H15NO2/c1-8(2,3)7-4-6(5-10)11-9-7/h6,10H,4-5H2,1-3H3. The third kappa shape index (κ3) is 1.93. The Morgan fingerprint density at radius 1 is 1.64 bits per heavy atom. The average Bonchev–Trinajstić information content (AvgIpc) is 2.32. The van der Waals surface area contributed by atoms with Crippen molar-refractivity contribution in [3.05, 3.63) is 0 Å². The van der Waals surface area contributed by atoms with E-state index in [0.29, 0.717) is 0 Å². The van der Waals surface area contributed by atoms with E-state index in [2.05, 4.69) is 25.9 Å². The van der Waals surface area contributed by atoms with Gasteiger partial charge in [-0.1, -0.05) is 25.9 Å². The van der Waals surface area contributed by atoms with Crippen molar-refractivity contribution in [2.75, 3.05) is 6.61 Å². The number of aliphatic hydroxyl groups is 1. The molecule has 1 N–H and O–H groups in total. The van der Waals surface area contributed by atoms with E-state index in [4.69, 9.17) is 9.94 Å². The number of aliphatic hydroxyl groups excluding tert-OH is 1. The van der Waals surface area contributed by atoms with Crippen LogP contribution >= 0.6 is 0 Å². The first-order valence-corrected chi connectivity index (χ1v) is 3.88. The highest BCUT2D eigenvalue weighted by Gasteiger charge is 2.28. The quantitative estimate of drug-likeness (QED) is 0.620. The lowest BCUT2D eigenvalue weighted by Crippen LogP contribution is -2.21. The summed E-state index contributed by atoms with van der Waals surface area (Å²) in [5.41, 5.74) is 1.11. The zero-order chi connectivity index (χ0) is 8.48. The van der Waals surface area contributed by atoms with Crippen LogP contribution in [0.1, 0.15) is 27.2 Å². The van der Waals surface area contributed by atoms with Crippen molar-refractivity contribution in [1.29, 1.82) is 0 Å². The molecule has 1 aliphatic heterocycles. The molecule has 1 aliphatic rings. The van der Waals surface area contributed by atoms with Crippen LogP contribution in [0.15, 0.2) is 5.16 Å². The van der Waals surface area contributed by atoms with Gasteiger partial charge in [0.25, 0.3) is 0 Å². The molecule has 0 aromatic carbocycles. The normalized spacial score (nSPS) is 24.7. The van der Waals surface area contributed by atoms with E-state index in [1.807, 2.05) is 0 Å². The van der Waals surface area contributed by atoms with Crippen molar-refractivity contribution in [2.45, 2.75) is 33.3 Å². The van der Waals surface area contributed by atoms with Gasteiger partial charge in [0, 0.05) is 11.8 Å². The van der Waals surface area contributed by atoms with Gasteiger partial charge in [-0.2, -0.15) is 0 Å². The van der Waals surface area contributed by atoms with Gasteiger partial charge >= 0.3 is 0 Å². The van der Waals surface area contributed by atoms with Gasteiger partial charge in [0.2, 0.25) is 0 Å². The topological polar surface area (TPSA) is 41.8 Å². The zero-order valence-corrected chi connectivity index (χ0v) is 7.29. The van der Waals surface area contributed by atoms with E-state index < -0.39 is 0 Å². The molecular weight excluding hydrogens is 142 g/mol. The largest absolute Gasteiger partial charge is 0.392 e. The number of nitrogens with zero attached hydrogens (tertiary/aromatic N) is 1. The molecule has 0 radical (unpaired) electrons. The Balaban J connectivity index is 2.53. The van der Waals surface area contributed by atoms with Crippen molar-refractivity contribution in [3.8, 4) is 0 Å². The van der Waals surface area contributed by atoms with Crippen LogP contribution in [0.4, 0.5) is 0 Å². The van der Waals surface area contributed by atoms with E-state index in [1.165, 1.54) is 0 Å². The summed E-state index contributed by atoms with van der Waals surface area (Å²) in [5.74, 6) is 0. The fraction of sp³-hybridized carbons (Fsp3) is 0.875. The monoisotopic (exact) mass is 157 g/mol. The summed E-state index contributed by atoms with van der Waals surface area (Å²) in [7, 11) is 0. The Morgan fingerprint density at radius 2 is 2.27 bits per heavy atom. The van der Waals surface area contributed by atoms with Crippen LogP contribution in [0.3, 0.4) is 0 Å². The lowest BCUT2D eigenvalue weighted by molar-refractivity contribution is 0.0390. The highest BCUT2D eigenvalue weighted by atomic mass is 16.6. The molecular formula is C8H15NO2. The molecule has 1 rings (SSSR count). The fourth-order valence-electron chi connectivity index (χ4n) is 0.969. The first kappa shape index (κ1) is 8.53. The second-order valence-electron chi connectivity index (χ2n) is 3.90. The van der Waals surface area contributed by atoms with Gasteiger partial charge in [0.15, 0.2) is 6.10 Å². The number of oxime groups is 1. The molecule has 11 heavy (non-hydrogen) atoms. The van der Waals surface area contributed by atoms with Crippen molar-refractivity contribution in [2.24, 2.45) is 10.6 Å². The predicted molar refractivity (Wildman–Crippen MR) is 43.5 cm³/mol. The van der Waals surface area contributed by atoms with Crippen molar-refractivity contribution >= 4 is 5.71 Å². The SMILES string of the molecule is CC(C)(C)C1=NOC(CO)C1. The Labute approximate surface area is 67.0 Å². The molecule has 1 heterocycles. The van der Waals surface area contributed by atoms with Crippen LogP contribution in [0.2, 0.25) is 0 Å². The van der Waals surface area contributed by atoms with Gasteiger partial charge in [0.1, 0.15) is 0 Å². The van der Waals surface area contributed by atoms with Gasteiger partial charge in [-0.25, -0.2) is 0 Å². The molecule has 0 saturated heterocycles. The summed E-state index contributed by atoms with van der Waals surface area (Å²) in [6, 6.07) is 0. The second-order valence-corrected chi connectivity index (χ2v) is 3.90. The zero-order valence-electron chi connectivity index (χ0n) is 7.29. The van der Waals surface area contributed by atoms with E-state index in [0.717, 1.165) is 12.1 Å². The molecule has 0 aromatic heterocycles. The number of hydrogen-bond donors (Lipinski definition) is 1. The number of hydrogen-bond acceptors (Lipinski definition) is 3. The maximum Gasteiger partial charge on any atom is 0.155 e. The van der Waals surface area contributed by atoms with E-state index in [9.17, 15) is 0 Å². The highest BCUT2D eigenvalue weighted by molar-refractivity contribution is 5.90. The summed E-state index contributed by atoms with van der Waals surface area (Å²) in [5, 5.41) is 12.7. The van der Waals surface area contributed by atoms with Gasteiger partial charge < -0.3 is 9.94 Å². The third-order valence-corrected chi connectivity index (χ3v) is 1.80. The van der Waals surface area contributed by atoms with E-state index in [-0.39, 0.29) is 18.1 Å². The van der Waals surface area contributed by atoms with Crippen molar-refractivity contribution in [3.63, 3.8) is 0 Å². The Hall–Kier alpha value is -0.570. The Morgan fingerprint density at radius 3 is 2.55 bits per heavy atom. The number of rotatable bonds is 1. The minimum atomic E-state index is -0.107. The van der Waals surface area contributed by atoms with Crippen molar-refractivity contribution in [1.82, 2.24) is 0 Å². The first-order chi connectivity index (χ1) is 5.04. The van der Waals surface area contributed by atoms with Crippen LogP contribution in [-0.2, 0) is 4.84 Å². The molecule has 0 fully saturated rings. The molecule has 3 heteroatoms. The van der Waals surface area contributed by atoms with Gasteiger partial charge in [-0.05, 0) is 0 Å². The lowest BCUT2D eigenvalue weighted by atomic mass is 9.87. The Bertz CT molecular complexity index is 169. The van der Waals surface area contributed by atoms with Crippen molar-refractivity contribution < 1.29 is 9.94 Å². The molecule has 0 saturated carbocycles. The van der Waals surface area contributed by atoms with E-state index in [1.54, 1.807) is 0 Å². The molecule has 1 atom stereocenters. The summed E-state index contributed by atoms with van der Waals surface area (Å²) in [4.78, 5) is 4.98. The lowest BCUT2D eigenvalue weighted by Gasteiger charge is -2.16. The minimum Gasteiger partial charge on any atom is -0.392 e. The molecule has 0 aliphatic carbocycles. The highest BCUT2D eigenvalue weighted by Crippen LogP contribution is 2.24. The van der Waals surface area contributed by atoms with Crippen LogP contribution in [0.25, 0.3) is 0 Å². The smallest absolute Gasteiger partial charge is 0.155 e. The van der Waals surface area contributed by atoms with Gasteiger partial charge in [-0.15, -0.1) is 0 Å². The molecule has 64 valence electrons. The maximum atomic E-state index is 8.75. The van der Waals surface area contributed by atoms with Gasteiger partial charge in [-0.3, -0.25) is 0 Å². The minimum absolute atomic E-state index is 0.0586. The van der Waals surface area contributed by atoms with Crippen LogP contribution < -0.4 is 0 Å². The molecule has 1 unspecified atom stereocenters. The predicted octanol–water partition coefficient (Wildman–Crippen LogP) is 1.17. The maximum absolute atomic E-state index is 8.75. The average molecular weight is 157 g/mol.